The van der Waals surface area contributed by atoms with E-state index in [1.54, 1.807) is 0 Å². The second kappa shape index (κ2) is 4.42. The van der Waals surface area contributed by atoms with Crippen LogP contribution in [0.5, 0.6) is 0 Å². The second-order valence-corrected chi connectivity index (χ2v) is 5.49. The molecule has 2 bridgehead atoms. The Balaban J connectivity index is 1.69. The van der Waals surface area contributed by atoms with E-state index in [4.69, 9.17) is 5.73 Å². The fourth-order valence-corrected chi connectivity index (χ4v) is 3.45. The molecule has 0 amide bonds. The Bertz CT molecular complexity index is 373. The van der Waals surface area contributed by atoms with Crippen molar-refractivity contribution in [2.45, 2.75) is 63.8 Å². The van der Waals surface area contributed by atoms with Crippen molar-refractivity contribution >= 4 is 0 Å². The zero-order chi connectivity index (χ0) is 11.8. The number of rotatable bonds is 3. The zero-order valence-electron chi connectivity index (χ0n) is 10.5. The van der Waals surface area contributed by atoms with Crippen LogP contribution >= 0.6 is 0 Å². The van der Waals surface area contributed by atoms with Gasteiger partial charge in [0, 0.05) is 43.0 Å². The SMILES string of the molecule is CCn1cc(CN2C3CCC2CC(N)C3)cn1. The van der Waals surface area contributed by atoms with E-state index < -0.39 is 0 Å². The monoisotopic (exact) mass is 234 g/mol. The number of piperidine rings is 1. The lowest BCUT2D eigenvalue weighted by Crippen LogP contribution is -2.46. The van der Waals surface area contributed by atoms with Gasteiger partial charge < -0.3 is 5.73 Å². The van der Waals surface area contributed by atoms with Gasteiger partial charge in [0.1, 0.15) is 0 Å². The van der Waals surface area contributed by atoms with Gasteiger partial charge in [-0.05, 0) is 32.6 Å². The van der Waals surface area contributed by atoms with Gasteiger partial charge in [0.15, 0.2) is 0 Å². The summed E-state index contributed by atoms with van der Waals surface area (Å²) in [6, 6.07) is 1.87. The average Bonchev–Trinajstić information content (AvgIpc) is 2.85. The molecule has 94 valence electrons. The van der Waals surface area contributed by atoms with E-state index in [1.165, 1.54) is 31.2 Å². The number of fused-ring (bicyclic) bond motifs is 2. The largest absolute Gasteiger partial charge is 0.328 e. The first-order valence-corrected chi connectivity index (χ1v) is 6.79. The molecule has 0 aliphatic carbocycles. The molecule has 2 unspecified atom stereocenters. The van der Waals surface area contributed by atoms with Crippen LogP contribution in [0, 0.1) is 0 Å². The molecule has 0 saturated carbocycles. The van der Waals surface area contributed by atoms with Gasteiger partial charge in [-0.3, -0.25) is 9.58 Å². The summed E-state index contributed by atoms with van der Waals surface area (Å²) in [6.07, 6.45) is 9.21. The molecule has 0 spiro atoms. The smallest absolute Gasteiger partial charge is 0.0534 e. The Morgan fingerprint density at radius 3 is 2.65 bits per heavy atom. The van der Waals surface area contributed by atoms with Crippen molar-refractivity contribution in [3.8, 4) is 0 Å². The van der Waals surface area contributed by atoms with Crippen molar-refractivity contribution in [3.05, 3.63) is 18.0 Å². The van der Waals surface area contributed by atoms with Crippen LogP contribution in [0.3, 0.4) is 0 Å². The van der Waals surface area contributed by atoms with E-state index in [-0.39, 0.29) is 0 Å². The summed E-state index contributed by atoms with van der Waals surface area (Å²) in [7, 11) is 0. The summed E-state index contributed by atoms with van der Waals surface area (Å²) < 4.78 is 2.01. The first-order chi connectivity index (χ1) is 8.26. The highest BCUT2D eigenvalue weighted by Gasteiger charge is 2.39. The normalized spacial score (nSPS) is 33.2. The van der Waals surface area contributed by atoms with Gasteiger partial charge >= 0.3 is 0 Å². The van der Waals surface area contributed by atoms with Gasteiger partial charge in [-0.1, -0.05) is 0 Å². The summed E-state index contributed by atoms with van der Waals surface area (Å²) in [5.74, 6) is 0. The van der Waals surface area contributed by atoms with Crippen molar-refractivity contribution < 1.29 is 0 Å². The molecular weight excluding hydrogens is 212 g/mol. The molecule has 2 aliphatic rings. The highest BCUT2D eigenvalue weighted by Crippen LogP contribution is 2.35. The first-order valence-electron chi connectivity index (χ1n) is 6.79. The Morgan fingerprint density at radius 1 is 1.35 bits per heavy atom. The molecule has 2 atom stereocenters. The van der Waals surface area contributed by atoms with E-state index >= 15 is 0 Å². The topological polar surface area (TPSA) is 47.1 Å². The van der Waals surface area contributed by atoms with E-state index in [0.717, 1.165) is 13.1 Å². The predicted octanol–water partition coefficient (Wildman–Crippen LogP) is 1.36. The summed E-state index contributed by atoms with van der Waals surface area (Å²) in [4.78, 5) is 2.65. The van der Waals surface area contributed by atoms with Crippen LogP contribution in [0.25, 0.3) is 0 Å². The van der Waals surface area contributed by atoms with Crippen LogP contribution < -0.4 is 5.73 Å². The van der Waals surface area contributed by atoms with Gasteiger partial charge in [-0.2, -0.15) is 5.10 Å². The number of hydrogen-bond acceptors (Lipinski definition) is 3. The molecule has 2 saturated heterocycles. The minimum Gasteiger partial charge on any atom is -0.328 e. The van der Waals surface area contributed by atoms with Crippen molar-refractivity contribution in [3.63, 3.8) is 0 Å². The van der Waals surface area contributed by atoms with Gasteiger partial charge in [0.2, 0.25) is 0 Å². The number of aromatic nitrogens is 2. The molecule has 0 aromatic carbocycles. The van der Waals surface area contributed by atoms with E-state index in [1.807, 2.05) is 10.9 Å². The molecule has 3 rings (SSSR count). The molecule has 4 heteroatoms. The second-order valence-electron chi connectivity index (χ2n) is 5.49. The Kier molecular flexibility index (Phi) is 2.92. The maximum atomic E-state index is 6.09. The highest BCUT2D eigenvalue weighted by molar-refractivity contribution is 5.07. The molecule has 1 aromatic rings. The lowest BCUT2D eigenvalue weighted by Gasteiger charge is -2.37. The molecule has 1 aromatic heterocycles. The van der Waals surface area contributed by atoms with Crippen LogP contribution in [0.1, 0.15) is 38.2 Å². The Hall–Kier alpha value is -0.870. The average molecular weight is 234 g/mol. The van der Waals surface area contributed by atoms with Crippen LogP contribution in [-0.4, -0.2) is 32.8 Å². The van der Waals surface area contributed by atoms with Crippen LogP contribution in [-0.2, 0) is 13.1 Å². The van der Waals surface area contributed by atoms with Gasteiger partial charge in [-0.25, -0.2) is 0 Å². The van der Waals surface area contributed by atoms with E-state index in [2.05, 4.69) is 23.1 Å². The van der Waals surface area contributed by atoms with Gasteiger partial charge in [-0.15, -0.1) is 0 Å². The number of hydrogen-bond donors (Lipinski definition) is 1. The van der Waals surface area contributed by atoms with Crippen LogP contribution in [0.4, 0.5) is 0 Å². The summed E-state index contributed by atoms with van der Waals surface area (Å²) in [5.41, 5.74) is 7.44. The van der Waals surface area contributed by atoms with E-state index in [9.17, 15) is 0 Å². The van der Waals surface area contributed by atoms with E-state index in [0.29, 0.717) is 18.1 Å². The van der Waals surface area contributed by atoms with Crippen LogP contribution in [0.2, 0.25) is 0 Å². The number of nitrogens with two attached hydrogens (primary N) is 1. The van der Waals surface area contributed by atoms with Gasteiger partial charge in [0.05, 0.1) is 6.20 Å². The first kappa shape index (κ1) is 11.2. The summed E-state index contributed by atoms with van der Waals surface area (Å²) in [5, 5.41) is 4.35. The number of nitrogens with zero attached hydrogens (tertiary/aromatic N) is 3. The summed E-state index contributed by atoms with van der Waals surface area (Å²) >= 11 is 0. The molecule has 4 nitrogen and oxygen atoms in total. The van der Waals surface area contributed by atoms with Gasteiger partial charge in [0.25, 0.3) is 0 Å². The summed E-state index contributed by atoms with van der Waals surface area (Å²) in [6.45, 7) is 4.14. The highest BCUT2D eigenvalue weighted by atomic mass is 15.3. The minimum atomic E-state index is 0.433. The van der Waals surface area contributed by atoms with Crippen molar-refractivity contribution in [1.29, 1.82) is 0 Å². The molecular formula is C13H22N4. The molecule has 2 fully saturated rings. The Morgan fingerprint density at radius 2 is 2.06 bits per heavy atom. The quantitative estimate of drug-likeness (QED) is 0.859. The van der Waals surface area contributed by atoms with Crippen molar-refractivity contribution in [2.75, 3.05) is 0 Å². The maximum Gasteiger partial charge on any atom is 0.0534 e. The third-order valence-electron chi connectivity index (χ3n) is 4.30. The minimum absolute atomic E-state index is 0.433. The third-order valence-corrected chi connectivity index (χ3v) is 4.30. The maximum absolute atomic E-state index is 6.09. The fourth-order valence-electron chi connectivity index (χ4n) is 3.45. The molecule has 3 heterocycles. The van der Waals surface area contributed by atoms with Crippen molar-refractivity contribution in [1.82, 2.24) is 14.7 Å². The number of aryl methyl sites for hydroxylation is 1. The predicted molar refractivity (Wildman–Crippen MR) is 67.5 cm³/mol. The molecule has 0 radical (unpaired) electrons. The molecule has 17 heavy (non-hydrogen) atoms. The molecule has 2 aliphatic heterocycles. The lowest BCUT2D eigenvalue weighted by molar-refractivity contribution is 0.120. The zero-order valence-corrected chi connectivity index (χ0v) is 10.5. The Labute approximate surface area is 103 Å². The van der Waals surface area contributed by atoms with Crippen LogP contribution in [0.15, 0.2) is 12.4 Å². The standard InChI is InChI=1S/C13H22N4/c1-2-16-8-10(7-15-16)9-17-12-3-4-13(17)6-11(14)5-12/h7-8,11-13H,2-6,9,14H2,1H3. The molecule has 2 N–H and O–H groups in total. The third kappa shape index (κ3) is 2.11. The van der Waals surface area contributed by atoms with Crippen molar-refractivity contribution in [2.24, 2.45) is 5.73 Å². The lowest BCUT2D eigenvalue weighted by atomic mass is 9.98. The fraction of sp³-hybridized carbons (Fsp3) is 0.769.